The molecule has 0 bridgehead atoms. The van der Waals surface area contributed by atoms with Gasteiger partial charge in [0.05, 0.1) is 11.3 Å². The van der Waals surface area contributed by atoms with Crippen molar-refractivity contribution in [3.63, 3.8) is 0 Å². The minimum atomic E-state index is -0.519. The zero-order valence-electron chi connectivity index (χ0n) is 11.5. The molecule has 21 heavy (non-hydrogen) atoms. The summed E-state index contributed by atoms with van der Waals surface area (Å²) < 4.78 is 0. The summed E-state index contributed by atoms with van der Waals surface area (Å²) in [7, 11) is 0. The van der Waals surface area contributed by atoms with E-state index in [1.165, 1.54) is 0 Å². The number of anilines is 2. The summed E-state index contributed by atoms with van der Waals surface area (Å²) in [5.74, 6) is -0.801. The summed E-state index contributed by atoms with van der Waals surface area (Å²) in [5.41, 5.74) is 6.12. The topological polar surface area (TPSA) is 126 Å². The zero-order valence-corrected chi connectivity index (χ0v) is 11.5. The number of aromatic nitrogens is 3. The highest BCUT2D eigenvalue weighted by Crippen LogP contribution is 2.15. The molecule has 8 nitrogen and oxygen atoms in total. The fraction of sp³-hybridized carbons (Fsp3) is 0.231. The third-order valence-electron chi connectivity index (χ3n) is 2.67. The molecule has 0 radical (unpaired) electrons. The molecule has 0 atom stereocenters. The van der Waals surface area contributed by atoms with Crippen LogP contribution in [0.25, 0.3) is 0 Å². The quantitative estimate of drug-likeness (QED) is 0.646. The molecule has 1 heterocycles. The predicted octanol–water partition coefficient (Wildman–Crippen LogP) is 0.779. The highest BCUT2D eigenvalue weighted by Gasteiger charge is 2.15. The van der Waals surface area contributed by atoms with Gasteiger partial charge in [-0.3, -0.25) is 14.7 Å². The van der Waals surface area contributed by atoms with E-state index in [2.05, 4.69) is 25.8 Å². The number of carbonyl (C=O) groups excluding carboxylic acids is 2. The van der Waals surface area contributed by atoms with Gasteiger partial charge in [-0.1, -0.05) is 19.1 Å². The Kier molecular flexibility index (Phi) is 4.50. The van der Waals surface area contributed by atoms with E-state index in [4.69, 9.17) is 5.73 Å². The summed E-state index contributed by atoms with van der Waals surface area (Å²) in [6, 6.07) is 6.72. The van der Waals surface area contributed by atoms with Gasteiger partial charge < -0.3 is 16.4 Å². The number of hydrogen-bond donors (Lipinski definition) is 4. The molecule has 0 saturated carbocycles. The van der Waals surface area contributed by atoms with Crippen molar-refractivity contribution in [3.05, 3.63) is 35.7 Å². The van der Waals surface area contributed by atoms with Crippen LogP contribution in [0, 0.1) is 0 Å². The Labute approximate surface area is 121 Å². The second kappa shape index (κ2) is 6.51. The summed E-state index contributed by atoms with van der Waals surface area (Å²) in [6.45, 7) is 2.53. The monoisotopic (exact) mass is 288 g/mol. The van der Waals surface area contributed by atoms with Gasteiger partial charge in [0.1, 0.15) is 0 Å². The van der Waals surface area contributed by atoms with Crippen LogP contribution in [0.4, 0.5) is 11.6 Å². The number of amides is 2. The number of nitrogens with two attached hydrogens (primary N) is 1. The van der Waals surface area contributed by atoms with Gasteiger partial charge in [-0.2, -0.15) is 4.98 Å². The number of rotatable bonds is 5. The van der Waals surface area contributed by atoms with Gasteiger partial charge in [-0.15, -0.1) is 5.10 Å². The Balaban J connectivity index is 2.16. The van der Waals surface area contributed by atoms with Crippen molar-refractivity contribution in [3.8, 4) is 0 Å². The maximum atomic E-state index is 12.0. The Morgan fingerprint density at radius 2 is 2.05 bits per heavy atom. The van der Waals surface area contributed by atoms with Gasteiger partial charge in [0.15, 0.2) is 0 Å². The Hall–Kier alpha value is -2.90. The number of carbonyl (C=O) groups is 2. The minimum Gasteiger partial charge on any atom is -0.366 e. The summed E-state index contributed by atoms with van der Waals surface area (Å²) >= 11 is 0. The number of nitrogen functional groups attached to an aromatic ring is 1. The first kappa shape index (κ1) is 14.5. The minimum absolute atomic E-state index is 0.0173. The molecule has 110 valence electrons. The highest BCUT2D eigenvalue weighted by molar-refractivity contribution is 6.07. The van der Waals surface area contributed by atoms with Gasteiger partial charge in [-0.25, -0.2) is 0 Å². The van der Waals surface area contributed by atoms with Gasteiger partial charge in [0.25, 0.3) is 11.8 Å². The molecule has 0 spiro atoms. The average molecular weight is 288 g/mol. The lowest BCUT2D eigenvalue weighted by molar-refractivity contribution is 0.0954. The lowest BCUT2D eigenvalue weighted by Gasteiger charge is -2.10. The number of benzene rings is 1. The van der Waals surface area contributed by atoms with Crippen molar-refractivity contribution < 1.29 is 9.59 Å². The van der Waals surface area contributed by atoms with Gasteiger partial charge >= 0.3 is 0 Å². The number of hydrogen-bond acceptors (Lipinski definition) is 5. The van der Waals surface area contributed by atoms with E-state index in [0.29, 0.717) is 17.8 Å². The van der Waals surface area contributed by atoms with Gasteiger partial charge in [0.2, 0.25) is 11.8 Å². The van der Waals surface area contributed by atoms with Crippen molar-refractivity contribution in [2.24, 2.45) is 0 Å². The molecule has 0 aliphatic rings. The molecule has 0 aliphatic carbocycles. The third-order valence-corrected chi connectivity index (χ3v) is 2.67. The first-order valence-electron chi connectivity index (χ1n) is 6.48. The van der Waals surface area contributed by atoms with E-state index in [9.17, 15) is 9.59 Å². The third kappa shape index (κ3) is 3.56. The van der Waals surface area contributed by atoms with Crippen LogP contribution in [-0.4, -0.2) is 33.5 Å². The van der Waals surface area contributed by atoms with Crippen LogP contribution in [0.2, 0.25) is 0 Å². The van der Waals surface area contributed by atoms with E-state index >= 15 is 0 Å². The van der Waals surface area contributed by atoms with E-state index in [-0.39, 0.29) is 17.7 Å². The SMILES string of the molecule is CCCNC(=O)c1ccccc1NC(=O)c1nc(N)n[nH]1. The summed E-state index contributed by atoms with van der Waals surface area (Å²) in [6.07, 6.45) is 0.831. The van der Waals surface area contributed by atoms with Crippen LogP contribution < -0.4 is 16.4 Å². The molecule has 0 saturated heterocycles. The molecule has 0 unspecified atom stereocenters. The molecule has 8 heteroatoms. The van der Waals surface area contributed by atoms with Crippen LogP contribution in [0.3, 0.4) is 0 Å². The van der Waals surface area contributed by atoms with Crippen molar-refractivity contribution >= 4 is 23.5 Å². The lowest BCUT2D eigenvalue weighted by atomic mass is 10.1. The van der Waals surface area contributed by atoms with E-state index in [1.807, 2.05) is 6.92 Å². The molecule has 1 aromatic heterocycles. The van der Waals surface area contributed by atoms with E-state index in [0.717, 1.165) is 6.42 Å². The smallest absolute Gasteiger partial charge is 0.293 e. The average Bonchev–Trinajstić information content (AvgIpc) is 2.92. The number of nitrogens with one attached hydrogen (secondary N) is 3. The highest BCUT2D eigenvalue weighted by atomic mass is 16.2. The fourth-order valence-corrected chi connectivity index (χ4v) is 1.68. The van der Waals surface area contributed by atoms with Crippen molar-refractivity contribution in [1.82, 2.24) is 20.5 Å². The van der Waals surface area contributed by atoms with Gasteiger partial charge in [-0.05, 0) is 18.6 Å². The Morgan fingerprint density at radius 1 is 1.29 bits per heavy atom. The number of aromatic amines is 1. The number of para-hydroxylation sites is 1. The molecule has 1 aromatic carbocycles. The normalized spacial score (nSPS) is 10.1. The number of H-pyrrole nitrogens is 1. The molecule has 2 amide bonds. The molecule has 0 fully saturated rings. The van der Waals surface area contributed by atoms with Crippen molar-refractivity contribution in [2.45, 2.75) is 13.3 Å². The Morgan fingerprint density at radius 3 is 2.71 bits per heavy atom. The van der Waals surface area contributed by atoms with Crippen molar-refractivity contribution in [2.75, 3.05) is 17.6 Å². The summed E-state index contributed by atoms with van der Waals surface area (Å²) in [5, 5.41) is 11.4. The maximum absolute atomic E-state index is 12.0. The molecule has 2 aromatic rings. The van der Waals surface area contributed by atoms with Crippen LogP contribution in [0.1, 0.15) is 34.3 Å². The van der Waals surface area contributed by atoms with Crippen LogP contribution >= 0.6 is 0 Å². The van der Waals surface area contributed by atoms with E-state index < -0.39 is 5.91 Å². The predicted molar refractivity (Wildman–Crippen MR) is 77.8 cm³/mol. The molecular weight excluding hydrogens is 272 g/mol. The largest absolute Gasteiger partial charge is 0.366 e. The molecule has 5 N–H and O–H groups in total. The van der Waals surface area contributed by atoms with Crippen LogP contribution in [0.15, 0.2) is 24.3 Å². The second-order valence-electron chi connectivity index (χ2n) is 4.30. The summed E-state index contributed by atoms with van der Waals surface area (Å²) in [4.78, 5) is 27.7. The van der Waals surface area contributed by atoms with Crippen LogP contribution in [0.5, 0.6) is 0 Å². The van der Waals surface area contributed by atoms with Crippen molar-refractivity contribution in [1.29, 1.82) is 0 Å². The lowest BCUT2D eigenvalue weighted by Crippen LogP contribution is -2.26. The fourth-order valence-electron chi connectivity index (χ4n) is 1.68. The zero-order chi connectivity index (χ0) is 15.2. The molecule has 0 aliphatic heterocycles. The maximum Gasteiger partial charge on any atom is 0.293 e. The standard InChI is InChI=1S/C13H16N6O2/c1-2-7-15-11(20)8-5-3-4-6-9(8)16-12(21)10-17-13(14)19-18-10/h3-6H,2,7H2,1H3,(H,15,20)(H,16,21)(H3,14,17,18,19). The van der Waals surface area contributed by atoms with Crippen LogP contribution in [-0.2, 0) is 0 Å². The second-order valence-corrected chi connectivity index (χ2v) is 4.30. The first-order valence-corrected chi connectivity index (χ1v) is 6.48. The molecular formula is C13H16N6O2. The van der Waals surface area contributed by atoms with E-state index in [1.54, 1.807) is 24.3 Å². The van der Waals surface area contributed by atoms with Gasteiger partial charge in [0, 0.05) is 6.54 Å². The Bertz CT molecular complexity index is 652. The first-order chi connectivity index (χ1) is 10.1. The number of nitrogens with zero attached hydrogens (tertiary/aromatic N) is 2. The molecule has 2 rings (SSSR count).